The predicted molar refractivity (Wildman–Crippen MR) is 83.8 cm³/mol. The number of hydrogen-bond acceptors (Lipinski definition) is 5. The fourth-order valence-corrected chi connectivity index (χ4v) is 2.40. The van der Waals surface area contributed by atoms with Crippen molar-refractivity contribution < 1.29 is 5.11 Å². The van der Waals surface area contributed by atoms with E-state index in [0.29, 0.717) is 22.6 Å². The number of nitrogens with zero attached hydrogens (tertiary/aromatic N) is 5. The Labute approximate surface area is 131 Å². The summed E-state index contributed by atoms with van der Waals surface area (Å²) in [4.78, 5) is 0. The van der Waals surface area contributed by atoms with Crippen LogP contribution in [-0.4, -0.2) is 35.5 Å². The van der Waals surface area contributed by atoms with Gasteiger partial charge in [0.05, 0.1) is 11.3 Å². The fraction of sp³-hybridized carbons (Fsp3) is 0. The van der Waals surface area contributed by atoms with E-state index in [1.54, 1.807) is 22.9 Å². The second-order valence-electron chi connectivity index (χ2n) is 4.92. The van der Waals surface area contributed by atoms with Crippen molar-refractivity contribution in [3.63, 3.8) is 0 Å². The largest absolute Gasteiger partial charge is 0.507 e. The number of para-hydroxylation sites is 2. The summed E-state index contributed by atoms with van der Waals surface area (Å²) in [6.07, 6.45) is 1.82. The topological polar surface area (TPSA) is 92.5 Å². The summed E-state index contributed by atoms with van der Waals surface area (Å²) in [7, 11) is 0. The SMILES string of the molecule is Oc1ccccc1-c1nn(-c2ccccc2)cc1-c1nn[nH]n1. The summed E-state index contributed by atoms with van der Waals surface area (Å²) in [5.74, 6) is 0.570. The van der Waals surface area contributed by atoms with Crippen molar-refractivity contribution in [1.29, 1.82) is 0 Å². The standard InChI is InChI=1S/C16H12N6O/c23-14-9-5-4-8-12(14)15-13(16-17-20-21-18-16)10-22(19-15)11-6-2-1-3-7-11/h1-10,23H,(H,17,18,20,21). The van der Waals surface area contributed by atoms with Crippen LogP contribution in [-0.2, 0) is 0 Å². The van der Waals surface area contributed by atoms with E-state index in [4.69, 9.17) is 0 Å². The number of phenolic OH excluding ortho intramolecular Hbond substituents is 1. The molecule has 2 aromatic carbocycles. The highest BCUT2D eigenvalue weighted by Gasteiger charge is 2.19. The second-order valence-corrected chi connectivity index (χ2v) is 4.92. The summed E-state index contributed by atoms with van der Waals surface area (Å²) in [5.41, 5.74) is 2.79. The molecule has 2 aromatic heterocycles. The Balaban J connectivity index is 1.94. The molecule has 23 heavy (non-hydrogen) atoms. The molecule has 0 aliphatic carbocycles. The van der Waals surface area contributed by atoms with Crippen molar-refractivity contribution in [2.24, 2.45) is 0 Å². The van der Waals surface area contributed by atoms with Crippen molar-refractivity contribution in [3.8, 4) is 34.1 Å². The van der Waals surface area contributed by atoms with Gasteiger partial charge in [0, 0.05) is 11.8 Å². The van der Waals surface area contributed by atoms with Crippen molar-refractivity contribution >= 4 is 0 Å². The monoisotopic (exact) mass is 304 g/mol. The van der Waals surface area contributed by atoms with Crippen LogP contribution in [0.25, 0.3) is 28.3 Å². The maximum Gasteiger partial charge on any atom is 0.208 e. The number of hydrogen-bond donors (Lipinski definition) is 2. The molecule has 4 aromatic rings. The molecule has 0 radical (unpaired) electrons. The Morgan fingerprint density at radius 3 is 2.43 bits per heavy atom. The Bertz CT molecular complexity index is 930. The number of tetrazole rings is 1. The third-order valence-electron chi connectivity index (χ3n) is 3.48. The number of nitrogens with one attached hydrogen (secondary N) is 1. The molecule has 112 valence electrons. The quantitative estimate of drug-likeness (QED) is 0.606. The van der Waals surface area contributed by atoms with Crippen molar-refractivity contribution in [2.75, 3.05) is 0 Å². The van der Waals surface area contributed by atoms with Crippen LogP contribution < -0.4 is 0 Å². The minimum Gasteiger partial charge on any atom is -0.507 e. The molecule has 4 rings (SSSR count). The van der Waals surface area contributed by atoms with Crippen LogP contribution in [0.5, 0.6) is 5.75 Å². The molecular weight excluding hydrogens is 292 g/mol. The average Bonchev–Trinajstić information content (AvgIpc) is 3.25. The van der Waals surface area contributed by atoms with Crippen LogP contribution >= 0.6 is 0 Å². The van der Waals surface area contributed by atoms with Gasteiger partial charge >= 0.3 is 0 Å². The summed E-state index contributed by atoms with van der Waals surface area (Å²) >= 11 is 0. The van der Waals surface area contributed by atoms with Gasteiger partial charge in [0.1, 0.15) is 11.4 Å². The first-order valence-electron chi connectivity index (χ1n) is 7.00. The predicted octanol–water partition coefficient (Wildman–Crippen LogP) is 2.42. The van der Waals surface area contributed by atoms with Gasteiger partial charge in [0.15, 0.2) is 0 Å². The molecule has 0 saturated heterocycles. The maximum atomic E-state index is 10.2. The van der Waals surface area contributed by atoms with Gasteiger partial charge in [-0.25, -0.2) is 4.68 Å². The van der Waals surface area contributed by atoms with Gasteiger partial charge in [0.25, 0.3) is 0 Å². The van der Waals surface area contributed by atoms with Crippen LogP contribution in [0, 0.1) is 0 Å². The van der Waals surface area contributed by atoms with E-state index < -0.39 is 0 Å². The summed E-state index contributed by atoms with van der Waals surface area (Å²) in [6.45, 7) is 0. The number of H-pyrrole nitrogens is 1. The lowest BCUT2D eigenvalue weighted by molar-refractivity contribution is 0.477. The lowest BCUT2D eigenvalue weighted by Gasteiger charge is -2.02. The van der Waals surface area contributed by atoms with E-state index in [0.717, 1.165) is 5.69 Å². The molecular formula is C16H12N6O. The zero-order chi connectivity index (χ0) is 15.6. The highest BCUT2D eigenvalue weighted by Crippen LogP contribution is 2.34. The zero-order valence-corrected chi connectivity index (χ0v) is 12.0. The number of aromatic nitrogens is 6. The van der Waals surface area contributed by atoms with Gasteiger partial charge in [-0.2, -0.15) is 10.3 Å². The number of aromatic amines is 1. The number of benzene rings is 2. The molecule has 0 aliphatic heterocycles. The third kappa shape index (κ3) is 2.34. The lowest BCUT2D eigenvalue weighted by atomic mass is 10.1. The normalized spacial score (nSPS) is 10.8. The summed E-state index contributed by atoms with van der Waals surface area (Å²) < 4.78 is 1.73. The molecule has 0 aliphatic rings. The molecule has 2 N–H and O–H groups in total. The van der Waals surface area contributed by atoms with Gasteiger partial charge in [0.2, 0.25) is 5.82 Å². The van der Waals surface area contributed by atoms with E-state index >= 15 is 0 Å². The van der Waals surface area contributed by atoms with Crippen LogP contribution in [0.2, 0.25) is 0 Å². The van der Waals surface area contributed by atoms with Crippen molar-refractivity contribution in [2.45, 2.75) is 0 Å². The molecule has 7 heteroatoms. The highest BCUT2D eigenvalue weighted by molar-refractivity contribution is 5.80. The Morgan fingerprint density at radius 1 is 0.913 bits per heavy atom. The zero-order valence-electron chi connectivity index (χ0n) is 12.0. The Morgan fingerprint density at radius 2 is 1.70 bits per heavy atom. The lowest BCUT2D eigenvalue weighted by Crippen LogP contribution is -1.94. The molecule has 0 spiro atoms. The van der Waals surface area contributed by atoms with Gasteiger partial charge in [-0.3, -0.25) is 0 Å². The summed E-state index contributed by atoms with van der Waals surface area (Å²) in [6, 6.07) is 16.7. The van der Waals surface area contributed by atoms with Gasteiger partial charge in [-0.05, 0) is 29.5 Å². The molecule has 7 nitrogen and oxygen atoms in total. The Hall–Kier alpha value is -3.48. The first kappa shape index (κ1) is 13.2. The molecule has 0 atom stereocenters. The van der Waals surface area contributed by atoms with Gasteiger partial charge in [-0.15, -0.1) is 10.2 Å². The Kier molecular flexibility index (Phi) is 3.09. The third-order valence-corrected chi connectivity index (χ3v) is 3.48. The van der Waals surface area contributed by atoms with Crippen molar-refractivity contribution in [3.05, 3.63) is 60.8 Å². The minimum absolute atomic E-state index is 0.149. The van der Waals surface area contributed by atoms with E-state index in [9.17, 15) is 5.11 Å². The van der Waals surface area contributed by atoms with Crippen LogP contribution in [0.15, 0.2) is 60.8 Å². The van der Waals surface area contributed by atoms with Crippen LogP contribution in [0.3, 0.4) is 0 Å². The summed E-state index contributed by atoms with van der Waals surface area (Å²) in [5, 5.41) is 28.9. The minimum atomic E-state index is 0.149. The second kappa shape index (κ2) is 5.38. The van der Waals surface area contributed by atoms with E-state index in [1.165, 1.54) is 0 Å². The smallest absolute Gasteiger partial charge is 0.208 e. The van der Waals surface area contributed by atoms with Gasteiger partial charge < -0.3 is 5.11 Å². The first-order chi connectivity index (χ1) is 11.3. The molecule has 0 fully saturated rings. The number of aromatic hydroxyl groups is 1. The maximum absolute atomic E-state index is 10.2. The number of rotatable bonds is 3. The molecule has 0 unspecified atom stereocenters. The van der Waals surface area contributed by atoms with Crippen LogP contribution in [0.1, 0.15) is 0 Å². The van der Waals surface area contributed by atoms with Gasteiger partial charge in [-0.1, -0.05) is 30.3 Å². The first-order valence-corrected chi connectivity index (χ1v) is 7.00. The van der Waals surface area contributed by atoms with E-state index in [1.807, 2.05) is 42.6 Å². The number of phenols is 1. The molecule has 2 heterocycles. The van der Waals surface area contributed by atoms with Crippen LogP contribution in [0.4, 0.5) is 0 Å². The molecule has 0 bridgehead atoms. The average molecular weight is 304 g/mol. The van der Waals surface area contributed by atoms with E-state index in [2.05, 4.69) is 25.7 Å². The highest BCUT2D eigenvalue weighted by atomic mass is 16.3. The van der Waals surface area contributed by atoms with Crippen molar-refractivity contribution in [1.82, 2.24) is 30.4 Å². The molecule has 0 amide bonds. The van der Waals surface area contributed by atoms with E-state index in [-0.39, 0.29) is 5.75 Å². The molecule has 0 saturated carbocycles. The fourth-order valence-electron chi connectivity index (χ4n) is 2.40.